The van der Waals surface area contributed by atoms with Crippen LogP contribution in [0.2, 0.25) is 0 Å². The molecule has 0 bridgehead atoms. The Kier molecular flexibility index (Phi) is 4.37. The highest BCUT2D eigenvalue weighted by molar-refractivity contribution is 5.76. The van der Waals surface area contributed by atoms with E-state index in [1.807, 2.05) is 0 Å². The van der Waals surface area contributed by atoms with Crippen molar-refractivity contribution in [2.45, 2.75) is 32.2 Å². The van der Waals surface area contributed by atoms with Crippen molar-refractivity contribution >= 4 is 0 Å². The van der Waals surface area contributed by atoms with Crippen LogP contribution in [0, 0.1) is 0 Å². The molecule has 0 amide bonds. The summed E-state index contributed by atoms with van der Waals surface area (Å²) in [5.74, 6) is 0. The first-order chi connectivity index (χ1) is 10.3. The minimum atomic E-state index is 0.221. The monoisotopic (exact) mass is 281 g/mol. The number of fused-ring (bicyclic) bond motifs is 3. The lowest BCUT2D eigenvalue weighted by molar-refractivity contribution is 0.265. The van der Waals surface area contributed by atoms with E-state index >= 15 is 0 Å². The second-order valence-corrected chi connectivity index (χ2v) is 5.77. The summed E-state index contributed by atoms with van der Waals surface area (Å²) >= 11 is 0. The first-order valence-electron chi connectivity index (χ1n) is 7.88. The molecule has 110 valence electrons. The van der Waals surface area contributed by atoms with Crippen molar-refractivity contribution < 1.29 is 5.11 Å². The standard InChI is InChI=1S/C19H23NO/c1-2-10-20-19(9-11-21)15-7-8-18-16(13-15)12-14-5-3-4-6-17(14)18/h3-8,13,19-21H,2,9-12H2,1H3. The molecular formula is C19H23NO. The molecule has 2 nitrogen and oxygen atoms in total. The summed E-state index contributed by atoms with van der Waals surface area (Å²) in [6.07, 6.45) is 2.91. The molecule has 0 spiro atoms. The molecule has 1 aliphatic carbocycles. The Balaban J connectivity index is 1.88. The molecule has 0 saturated carbocycles. The SMILES string of the molecule is CCCNC(CCO)c1ccc2c(c1)Cc1ccccc1-2. The molecule has 0 saturated heterocycles. The van der Waals surface area contributed by atoms with Crippen molar-refractivity contribution in [3.8, 4) is 11.1 Å². The van der Waals surface area contributed by atoms with Gasteiger partial charge in [-0.1, -0.05) is 49.4 Å². The maximum absolute atomic E-state index is 9.29. The van der Waals surface area contributed by atoms with Crippen molar-refractivity contribution in [1.29, 1.82) is 0 Å². The Morgan fingerprint density at radius 1 is 1.10 bits per heavy atom. The molecular weight excluding hydrogens is 258 g/mol. The lowest BCUT2D eigenvalue weighted by atomic mass is 9.98. The molecule has 2 heteroatoms. The molecule has 1 aliphatic rings. The average molecular weight is 281 g/mol. The molecule has 2 N–H and O–H groups in total. The lowest BCUT2D eigenvalue weighted by Crippen LogP contribution is -2.23. The number of hydrogen-bond acceptors (Lipinski definition) is 2. The molecule has 2 aromatic rings. The summed E-state index contributed by atoms with van der Waals surface area (Å²) in [6, 6.07) is 15.7. The highest BCUT2D eigenvalue weighted by atomic mass is 16.3. The summed E-state index contributed by atoms with van der Waals surface area (Å²) in [4.78, 5) is 0. The molecule has 0 aromatic heterocycles. The van der Waals surface area contributed by atoms with Crippen LogP contribution in [-0.4, -0.2) is 18.3 Å². The van der Waals surface area contributed by atoms with Gasteiger partial charge < -0.3 is 10.4 Å². The summed E-state index contributed by atoms with van der Waals surface area (Å²) in [6.45, 7) is 3.38. The van der Waals surface area contributed by atoms with Crippen LogP contribution in [0.15, 0.2) is 42.5 Å². The number of rotatable bonds is 6. The molecule has 3 rings (SSSR count). The van der Waals surface area contributed by atoms with Crippen LogP contribution in [-0.2, 0) is 6.42 Å². The second-order valence-electron chi connectivity index (χ2n) is 5.77. The van der Waals surface area contributed by atoms with E-state index in [0.29, 0.717) is 0 Å². The van der Waals surface area contributed by atoms with Crippen molar-refractivity contribution in [3.05, 3.63) is 59.2 Å². The predicted molar refractivity (Wildman–Crippen MR) is 87.4 cm³/mol. The van der Waals surface area contributed by atoms with E-state index in [4.69, 9.17) is 0 Å². The fourth-order valence-electron chi connectivity index (χ4n) is 3.22. The van der Waals surface area contributed by atoms with E-state index in [-0.39, 0.29) is 12.6 Å². The Morgan fingerprint density at radius 3 is 2.71 bits per heavy atom. The Morgan fingerprint density at radius 2 is 1.90 bits per heavy atom. The van der Waals surface area contributed by atoms with Gasteiger partial charge in [-0.3, -0.25) is 0 Å². The van der Waals surface area contributed by atoms with Crippen molar-refractivity contribution in [2.75, 3.05) is 13.2 Å². The van der Waals surface area contributed by atoms with Crippen LogP contribution >= 0.6 is 0 Å². The van der Waals surface area contributed by atoms with E-state index in [1.165, 1.54) is 27.8 Å². The van der Waals surface area contributed by atoms with Crippen LogP contribution in [0.4, 0.5) is 0 Å². The maximum atomic E-state index is 9.29. The third-order valence-corrected chi connectivity index (χ3v) is 4.28. The fraction of sp³-hybridized carbons (Fsp3) is 0.368. The van der Waals surface area contributed by atoms with E-state index in [2.05, 4.69) is 54.7 Å². The topological polar surface area (TPSA) is 32.3 Å². The zero-order chi connectivity index (χ0) is 14.7. The van der Waals surface area contributed by atoms with Crippen molar-refractivity contribution in [1.82, 2.24) is 5.32 Å². The largest absolute Gasteiger partial charge is 0.396 e. The van der Waals surface area contributed by atoms with Crippen LogP contribution in [0.25, 0.3) is 11.1 Å². The van der Waals surface area contributed by atoms with Crippen LogP contribution in [0.5, 0.6) is 0 Å². The van der Waals surface area contributed by atoms with Gasteiger partial charge in [-0.25, -0.2) is 0 Å². The molecule has 21 heavy (non-hydrogen) atoms. The molecule has 2 aromatic carbocycles. The van der Waals surface area contributed by atoms with E-state index < -0.39 is 0 Å². The molecule has 0 radical (unpaired) electrons. The smallest absolute Gasteiger partial charge is 0.0449 e. The minimum Gasteiger partial charge on any atom is -0.396 e. The van der Waals surface area contributed by atoms with Gasteiger partial charge in [0.05, 0.1) is 0 Å². The van der Waals surface area contributed by atoms with Crippen molar-refractivity contribution in [3.63, 3.8) is 0 Å². The highest BCUT2D eigenvalue weighted by Crippen LogP contribution is 2.37. The number of benzene rings is 2. The zero-order valence-corrected chi connectivity index (χ0v) is 12.6. The molecule has 1 atom stereocenters. The molecule has 1 unspecified atom stereocenters. The van der Waals surface area contributed by atoms with Crippen LogP contribution < -0.4 is 5.32 Å². The Hall–Kier alpha value is -1.64. The van der Waals surface area contributed by atoms with Gasteiger partial charge in [-0.05, 0) is 53.6 Å². The van der Waals surface area contributed by atoms with Gasteiger partial charge in [-0.15, -0.1) is 0 Å². The van der Waals surface area contributed by atoms with Gasteiger partial charge in [0.2, 0.25) is 0 Å². The zero-order valence-electron chi connectivity index (χ0n) is 12.6. The van der Waals surface area contributed by atoms with E-state index in [0.717, 1.165) is 25.8 Å². The number of nitrogens with one attached hydrogen (secondary N) is 1. The third kappa shape index (κ3) is 2.87. The Labute approximate surface area is 126 Å². The predicted octanol–water partition coefficient (Wildman–Crippen LogP) is 3.68. The van der Waals surface area contributed by atoms with Crippen molar-refractivity contribution in [2.24, 2.45) is 0 Å². The minimum absolute atomic E-state index is 0.221. The molecule has 0 aliphatic heterocycles. The van der Waals surface area contributed by atoms with E-state index in [1.54, 1.807) is 0 Å². The molecule has 0 fully saturated rings. The van der Waals surface area contributed by atoms with Gasteiger partial charge in [0.15, 0.2) is 0 Å². The lowest BCUT2D eigenvalue weighted by Gasteiger charge is -2.19. The van der Waals surface area contributed by atoms with Gasteiger partial charge in [-0.2, -0.15) is 0 Å². The number of aliphatic hydroxyl groups is 1. The van der Waals surface area contributed by atoms with E-state index in [9.17, 15) is 5.11 Å². The summed E-state index contributed by atoms with van der Waals surface area (Å²) in [5, 5.41) is 12.8. The number of aliphatic hydroxyl groups excluding tert-OH is 1. The third-order valence-electron chi connectivity index (χ3n) is 4.28. The van der Waals surface area contributed by atoms with Crippen LogP contribution in [0.3, 0.4) is 0 Å². The van der Waals surface area contributed by atoms with Gasteiger partial charge in [0.25, 0.3) is 0 Å². The summed E-state index contributed by atoms with van der Waals surface area (Å²) < 4.78 is 0. The van der Waals surface area contributed by atoms with Crippen LogP contribution in [0.1, 0.15) is 42.5 Å². The first-order valence-corrected chi connectivity index (χ1v) is 7.88. The summed E-state index contributed by atoms with van der Waals surface area (Å²) in [7, 11) is 0. The number of hydrogen-bond donors (Lipinski definition) is 2. The molecule has 0 heterocycles. The van der Waals surface area contributed by atoms with Gasteiger partial charge in [0.1, 0.15) is 0 Å². The van der Waals surface area contributed by atoms with Gasteiger partial charge in [0, 0.05) is 12.6 Å². The maximum Gasteiger partial charge on any atom is 0.0449 e. The summed E-state index contributed by atoms with van der Waals surface area (Å²) in [5.41, 5.74) is 6.87. The second kappa shape index (κ2) is 6.42. The fourth-order valence-corrected chi connectivity index (χ4v) is 3.22. The quantitative estimate of drug-likeness (QED) is 0.722. The Bertz CT molecular complexity index is 621. The average Bonchev–Trinajstić information content (AvgIpc) is 2.89. The normalized spacial score (nSPS) is 13.8. The first kappa shape index (κ1) is 14.3. The van der Waals surface area contributed by atoms with Gasteiger partial charge >= 0.3 is 0 Å². The highest BCUT2D eigenvalue weighted by Gasteiger charge is 2.19.